The van der Waals surface area contributed by atoms with Crippen LogP contribution in [0.5, 0.6) is 5.88 Å². The van der Waals surface area contributed by atoms with E-state index in [0.29, 0.717) is 24.8 Å². The number of rotatable bonds is 5. The molecule has 0 aliphatic heterocycles. The Morgan fingerprint density at radius 3 is 2.69 bits per heavy atom. The Morgan fingerprint density at radius 2 is 2.12 bits per heavy atom. The van der Waals surface area contributed by atoms with Crippen LogP contribution in [0, 0.1) is 0 Å². The summed E-state index contributed by atoms with van der Waals surface area (Å²) in [4.78, 5) is 10.2. The fourth-order valence-electron chi connectivity index (χ4n) is 1.40. The molecule has 0 fully saturated rings. The van der Waals surface area contributed by atoms with Crippen LogP contribution in [0.3, 0.4) is 0 Å². The fraction of sp³-hybridized carbons (Fsp3) is 0.636. The summed E-state index contributed by atoms with van der Waals surface area (Å²) in [6, 6.07) is 0. The summed E-state index contributed by atoms with van der Waals surface area (Å²) in [5.74, 6) is 1.19. The van der Waals surface area contributed by atoms with E-state index in [1.54, 1.807) is 26.2 Å². The third kappa shape index (κ3) is 4.02. The van der Waals surface area contributed by atoms with Crippen LogP contribution in [0.15, 0.2) is 12.4 Å². The van der Waals surface area contributed by atoms with Crippen molar-refractivity contribution < 1.29 is 9.84 Å². The number of hydrogen-bond donors (Lipinski definition) is 1. The van der Waals surface area contributed by atoms with Crippen molar-refractivity contribution >= 4 is 5.82 Å². The van der Waals surface area contributed by atoms with E-state index in [-0.39, 0.29) is 0 Å². The molecule has 0 saturated carbocycles. The van der Waals surface area contributed by atoms with Gasteiger partial charge in [-0.1, -0.05) is 0 Å². The SMILES string of the molecule is CCOc1cncc(N(C)CC(C)(C)O)n1. The van der Waals surface area contributed by atoms with Crippen molar-refractivity contribution in [2.24, 2.45) is 0 Å². The Hall–Kier alpha value is -1.36. The zero-order chi connectivity index (χ0) is 12.2. The largest absolute Gasteiger partial charge is 0.477 e. The van der Waals surface area contributed by atoms with E-state index in [1.807, 2.05) is 18.9 Å². The van der Waals surface area contributed by atoms with Crippen LogP contribution in [0.2, 0.25) is 0 Å². The maximum absolute atomic E-state index is 9.70. The number of anilines is 1. The molecule has 0 unspecified atom stereocenters. The second-order valence-corrected chi connectivity index (χ2v) is 4.32. The van der Waals surface area contributed by atoms with Crippen LogP contribution in [0.25, 0.3) is 0 Å². The van der Waals surface area contributed by atoms with Gasteiger partial charge in [-0.3, -0.25) is 4.98 Å². The minimum absolute atomic E-state index is 0.483. The zero-order valence-electron chi connectivity index (χ0n) is 10.3. The minimum atomic E-state index is -0.766. The van der Waals surface area contributed by atoms with Crippen molar-refractivity contribution in [1.29, 1.82) is 0 Å². The van der Waals surface area contributed by atoms with Gasteiger partial charge in [0.05, 0.1) is 24.6 Å². The molecule has 1 heterocycles. The summed E-state index contributed by atoms with van der Waals surface area (Å²) in [6.45, 7) is 6.45. The van der Waals surface area contributed by atoms with Crippen LogP contribution in [0.4, 0.5) is 5.82 Å². The van der Waals surface area contributed by atoms with Crippen LogP contribution >= 0.6 is 0 Å². The van der Waals surface area contributed by atoms with E-state index in [1.165, 1.54) is 0 Å². The van der Waals surface area contributed by atoms with E-state index in [4.69, 9.17) is 4.74 Å². The van der Waals surface area contributed by atoms with Crippen molar-refractivity contribution in [3.8, 4) is 5.88 Å². The van der Waals surface area contributed by atoms with Gasteiger partial charge in [-0.15, -0.1) is 0 Å². The highest BCUT2D eigenvalue weighted by molar-refractivity contribution is 5.36. The number of aromatic nitrogens is 2. The molecule has 0 saturated heterocycles. The molecule has 0 atom stereocenters. The first-order chi connectivity index (χ1) is 7.42. The molecule has 1 aromatic rings. The Kier molecular flexibility index (Phi) is 4.06. The van der Waals surface area contributed by atoms with Gasteiger partial charge in [0.1, 0.15) is 0 Å². The van der Waals surface area contributed by atoms with Gasteiger partial charge in [-0.2, -0.15) is 4.98 Å². The van der Waals surface area contributed by atoms with Crippen LogP contribution in [-0.4, -0.2) is 40.9 Å². The second-order valence-electron chi connectivity index (χ2n) is 4.32. The van der Waals surface area contributed by atoms with Crippen LogP contribution in [-0.2, 0) is 0 Å². The molecule has 1 aromatic heterocycles. The maximum atomic E-state index is 9.70. The van der Waals surface area contributed by atoms with Gasteiger partial charge in [0, 0.05) is 13.6 Å². The topological polar surface area (TPSA) is 58.5 Å². The molecule has 0 aliphatic rings. The lowest BCUT2D eigenvalue weighted by Crippen LogP contribution is -2.36. The molecule has 0 amide bonds. The Labute approximate surface area is 96.1 Å². The lowest BCUT2D eigenvalue weighted by Gasteiger charge is -2.26. The molecule has 1 rings (SSSR count). The number of likely N-dealkylation sites (N-methyl/N-ethyl adjacent to an activating group) is 1. The van der Waals surface area contributed by atoms with Crippen molar-refractivity contribution in [3.63, 3.8) is 0 Å². The molecule has 0 aliphatic carbocycles. The summed E-state index contributed by atoms with van der Waals surface area (Å²) in [7, 11) is 1.86. The monoisotopic (exact) mass is 225 g/mol. The normalized spacial score (nSPS) is 11.3. The molecule has 0 bridgehead atoms. The number of ether oxygens (including phenoxy) is 1. The van der Waals surface area contributed by atoms with E-state index in [0.717, 1.165) is 0 Å². The molecule has 5 heteroatoms. The molecule has 0 aromatic carbocycles. The third-order valence-corrected chi connectivity index (χ3v) is 1.91. The summed E-state index contributed by atoms with van der Waals surface area (Å²) in [6.07, 6.45) is 3.22. The van der Waals surface area contributed by atoms with Gasteiger partial charge in [0.15, 0.2) is 5.82 Å². The molecular formula is C11H19N3O2. The second kappa shape index (κ2) is 5.12. The molecule has 0 radical (unpaired) electrons. The highest BCUT2D eigenvalue weighted by atomic mass is 16.5. The lowest BCUT2D eigenvalue weighted by atomic mass is 10.1. The Balaban J connectivity index is 2.75. The van der Waals surface area contributed by atoms with Gasteiger partial charge in [-0.25, -0.2) is 0 Å². The predicted molar refractivity (Wildman–Crippen MR) is 62.8 cm³/mol. The number of aliphatic hydroxyl groups is 1. The molecule has 1 N–H and O–H groups in total. The van der Waals surface area contributed by atoms with Crippen LogP contribution < -0.4 is 9.64 Å². The van der Waals surface area contributed by atoms with Crippen molar-refractivity contribution in [2.45, 2.75) is 26.4 Å². The highest BCUT2D eigenvalue weighted by Crippen LogP contribution is 2.15. The van der Waals surface area contributed by atoms with E-state index in [9.17, 15) is 5.11 Å². The molecule has 16 heavy (non-hydrogen) atoms. The first kappa shape index (κ1) is 12.7. The first-order valence-corrected chi connectivity index (χ1v) is 5.31. The van der Waals surface area contributed by atoms with Gasteiger partial charge in [0.2, 0.25) is 5.88 Å². The Bertz CT molecular complexity index is 336. The van der Waals surface area contributed by atoms with Gasteiger partial charge < -0.3 is 14.7 Å². The number of nitrogens with zero attached hydrogens (tertiary/aromatic N) is 3. The standard InChI is InChI=1S/C11H19N3O2/c1-5-16-10-7-12-6-9(13-10)14(4)8-11(2,3)15/h6-7,15H,5,8H2,1-4H3. The highest BCUT2D eigenvalue weighted by Gasteiger charge is 2.17. The average Bonchev–Trinajstić information content (AvgIpc) is 2.16. The molecule has 90 valence electrons. The quantitative estimate of drug-likeness (QED) is 0.812. The van der Waals surface area contributed by atoms with Gasteiger partial charge >= 0.3 is 0 Å². The fourth-order valence-corrected chi connectivity index (χ4v) is 1.40. The van der Waals surface area contributed by atoms with E-state index in [2.05, 4.69) is 9.97 Å². The third-order valence-electron chi connectivity index (χ3n) is 1.91. The van der Waals surface area contributed by atoms with Crippen LogP contribution in [0.1, 0.15) is 20.8 Å². The van der Waals surface area contributed by atoms with Crippen molar-refractivity contribution in [3.05, 3.63) is 12.4 Å². The predicted octanol–water partition coefficient (Wildman–Crippen LogP) is 1.08. The van der Waals surface area contributed by atoms with Gasteiger partial charge in [0.25, 0.3) is 0 Å². The minimum Gasteiger partial charge on any atom is -0.477 e. The van der Waals surface area contributed by atoms with Crippen molar-refractivity contribution in [1.82, 2.24) is 9.97 Å². The smallest absolute Gasteiger partial charge is 0.234 e. The van der Waals surface area contributed by atoms with Crippen molar-refractivity contribution in [2.75, 3.05) is 25.1 Å². The van der Waals surface area contributed by atoms with Gasteiger partial charge in [-0.05, 0) is 20.8 Å². The van der Waals surface area contributed by atoms with E-state index < -0.39 is 5.60 Å². The first-order valence-electron chi connectivity index (χ1n) is 5.31. The summed E-state index contributed by atoms with van der Waals surface area (Å²) in [5, 5.41) is 9.70. The molecular weight excluding hydrogens is 206 g/mol. The maximum Gasteiger partial charge on any atom is 0.234 e. The molecule has 5 nitrogen and oxygen atoms in total. The summed E-state index contributed by atoms with van der Waals surface area (Å²) >= 11 is 0. The Morgan fingerprint density at radius 1 is 1.44 bits per heavy atom. The summed E-state index contributed by atoms with van der Waals surface area (Å²) < 4.78 is 5.26. The summed E-state index contributed by atoms with van der Waals surface area (Å²) in [5.41, 5.74) is -0.766. The number of hydrogen-bond acceptors (Lipinski definition) is 5. The lowest BCUT2D eigenvalue weighted by molar-refractivity contribution is 0.0884. The average molecular weight is 225 g/mol. The zero-order valence-corrected chi connectivity index (χ0v) is 10.3. The van der Waals surface area contributed by atoms with E-state index >= 15 is 0 Å². The molecule has 0 spiro atoms.